The number of H-pyrrole nitrogens is 1. The Hall–Kier alpha value is -2.18. The summed E-state index contributed by atoms with van der Waals surface area (Å²) >= 11 is 3.80. The summed E-state index contributed by atoms with van der Waals surface area (Å²) in [6.45, 7) is 0.575. The van der Waals surface area contributed by atoms with E-state index in [2.05, 4.69) is 20.9 Å². The highest BCUT2D eigenvalue weighted by atomic mass is 79.9. The first-order valence-corrected chi connectivity index (χ1v) is 9.35. The van der Waals surface area contributed by atoms with Gasteiger partial charge < -0.3 is 9.72 Å². The second kappa shape index (κ2) is 10.6. The van der Waals surface area contributed by atoms with Gasteiger partial charge in [0.25, 0.3) is 0 Å². The molecule has 130 valence electrons. The average Bonchev–Trinajstić information content (AvgIpc) is 2.63. The molecule has 0 spiro atoms. The van der Waals surface area contributed by atoms with Crippen LogP contribution in [0.3, 0.4) is 0 Å². The number of halogens is 1. The number of hydrogen-bond acceptors (Lipinski definition) is 3. The predicted octanol–water partition coefficient (Wildman–Crippen LogP) is 4.15. The molecule has 0 aliphatic heterocycles. The largest absolute Gasteiger partial charge is 0.494 e. The zero-order valence-corrected chi connectivity index (χ0v) is 15.9. The first kappa shape index (κ1) is 19.1. The van der Waals surface area contributed by atoms with Gasteiger partial charge in [-0.1, -0.05) is 34.1 Å². The average molecular weight is 420 g/mol. The molecule has 0 radical (unpaired) electrons. The lowest BCUT2D eigenvalue weighted by molar-refractivity contribution is 0.314. The Bertz CT molecular complexity index is 905. The molecular formula is C19H18BrNO3S. The second-order valence-corrected chi connectivity index (χ2v) is 6.56. The van der Waals surface area contributed by atoms with Crippen molar-refractivity contribution >= 4 is 43.5 Å². The minimum absolute atomic E-state index is 0.109. The SMILES string of the molecule is Brc1ccccc1.O=S=CCCCOc1ccc2[nH]c(=O)ccc2c1. The van der Waals surface area contributed by atoms with E-state index in [9.17, 15) is 9.00 Å². The van der Waals surface area contributed by atoms with Gasteiger partial charge in [-0.3, -0.25) is 4.79 Å². The summed E-state index contributed by atoms with van der Waals surface area (Å²) in [7, 11) is 0. The molecule has 1 aromatic heterocycles. The maximum absolute atomic E-state index is 11.1. The zero-order chi connectivity index (χ0) is 17.9. The molecule has 0 aliphatic rings. The van der Waals surface area contributed by atoms with Crippen LogP contribution < -0.4 is 10.3 Å². The molecule has 0 amide bonds. The van der Waals surface area contributed by atoms with Gasteiger partial charge in [0.05, 0.1) is 17.9 Å². The fraction of sp³-hybridized carbons (Fsp3) is 0.158. The number of benzene rings is 2. The van der Waals surface area contributed by atoms with E-state index in [1.807, 2.05) is 48.5 Å². The van der Waals surface area contributed by atoms with Crippen molar-refractivity contribution in [1.29, 1.82) is 0 Å². The predicted molar refractivity (Wildman–Crippen MR) is 108 cm³/mol. The summed E-state index contributed by atoms with van der Waals surface area (Å²) in [4.78, 5) is 13.9. The molecule has 25 heavy (non-hydrogen) atoms. The van der Waals surface area contributed by atoms with E-state index in [1.54, 1.807) is 11.4 Å². The van der Waals surface area contributed by atoms with Crippen LogP contribution in [0.5, 0.6) is 5.75 Å². The van der Waals surface area contributed by atoms with Gasteiger partial charge in [-0.05, 0) is 49.2 Å². The van der Waals surface area contributed by atoms with E-state index >= 15 is 0 Å². The van der Waals surface area contributed by atoms with E-state index in [-0.39, 0.29) is 5.56 Å². The number of hydrogen-bond donors (Lipinski definition) is 1. The Morgan fingerprint density at radius 3 is 2.56 bits per heavy atom. The van der Waals surface area contributed by atoms with E-state index in [0.29, 0.717) is 17.9 Å². The van der Waals surface area contributed by atoms with Gasteiger partial charge in [-0.15, -0.1) is 0 Å². The van der Waals surface area contributed by atoms with E-state index in [0.717, 1.165) is 34.0 Å². The highest BCUT2D eigenvalue weighted by molar-refractivity contribution is 9.10. The van der Waals surface area contributed by atoms with Crippen molar-refractivity contribution in [1.82, 2.24) is 4.98 Å². The first-order valence-electron chi connectivity index (χ1n) is 7.76. The van der Waals surface area contributed by atoms with Crippen LogP contribution in [-0.4, -0.2) is 21.2 Å². The topological polar surface area (TPSA) is 59.2 Å². The van der Waals surface area contributed by atoms with Gasteiger partial charge in [-0.2, -0.15) is 0 Å². The molecule has 0 saturated heterocycles. The van der Waals surface area contributed by atoms with Crippen LogP contribution in [0.2, 0.25) is 0 Å². The van der Waals surface area contributed by atoms with Gasteiger partial charge in [0.2, 0.25) is 5.56 Å². The fourth-order valence-electron chi connectivity index (χ4n) is 2.04. The van der Waals surface area contributed by atoms with E-state index in [4.69, 9.17) is 4.74 Å². The lowest BCUT2D eigenvalue weighted by atomic mass is 10.2. The zero-order valence-electron chi connectivity index (χ0n) is 13.5. The summed E-state index contributed by atoms with van der Waals surface area (Å²) in [5.74, 6) is 0.768. The molecule has 3 aromatic rings. The van der Waals surface area contributed by atoms with Crippen molar-refractivity contribution in [3.8, 4) is 5.75 Å². The number of fused-ring (bicyclic) bond motifs is 1. The highest BCUT2D eigenvalue weighted by Gasteiger charge is 1.98. The van der Waals surface area contributed by atoms with Crippen molar-refractivity contribution in [2.45, 2.75) is 12.8 Å². The van der Waals surface area contributed by atoms with Crippen molar-refractivity contribution in [3.63, 3.8) is 0 Å². The number of ether oxygens (including phenoxy) is 1. The van der Waals surface area contributed by atoms with Crippen LogP contribution in [0.25, 0.3) is 10.9 Å². The second-order valence-electron chi connectivity index (χ2n) is 5.12. The number of aromatic nitrogens is 1. The molecule has 3 rings (SSSR count). The Morgan fingerprint density at radius 1 is 1.08 bits per heavy atom. The summed E-state index contributed by atoms with van der Waals surface area (Å²) in [6, 6.07) is 18.8. The molecule has 1 heterocycles. The third kappa shape index (κ3) is 7.07. The lowest BCUT2D eigenvalue weighted by Gasteiger charge is -2.06. The quantitative estimate of drug-likeness (QED) is 0.498. The number of nitrogens with one attached hydrogen (secondary N) is 1. The molecule has 0 unspecified atom stereocenters. The van der Waals surface area contributed by atoms with Crippen molar-refractivity contribution in [3.05, 3.63) is 75.5 Å². The van der Waals surface area contributed by atoms with Crippen LogP contribution in [0.1, 0.15) is 12.8 Å². The van der Waals surface area contributed by atoms with Crippen LogP contribution in [-0.2, 0) is 11.3 Å². The Morgan fingerprint density at radius 2 is 1.88 bits per heavy atom. The van der Waals surface area contributed by atoms with Crippen LogP contribution in [0.4, 0.5) is 0 Å². The molecule has 0 bridgehead atoms. The molecule has 4 nitrogen and oxygen atoms in total. The number of aromatic amines is 1. The smallest absolute Gasteiger partial charge is 0.248 e. The van der Waals surface area contributed by atoms with Gasteiger partial charge in [0.15, 0.2) is 0 Å². The molecular weight excluding hydrogens is 402 g/mol. The van der Waals surface area contributed by atoms with Gasteiger partial charge >= 0.3 is 0 Å². The van der Waals surface area contributed by atoms with Crippen LogP contribution >= 0.6 is 15.9 Å². The minimum atomic E-state index is -0.109. The lowest BCUT2D eigenvalue weighted by Crippen LogP contribution is -2.02. The fourth-order valence-corrected chi connectivity index (χ4v) is 2.61. The van der Waals surface area contributed by atoms with Gasteiger partial charge in [-0.25, -0.2) is 4.21 Å². The Labute approximate surface area is 158 Å². The summed E-state index contributed by atoms with van der Waals surface area (Å²) < 4.78 is 16.8. The molecule has 2 aromatic carbocycles. The maximum Gasteiger partial charge on any atom is 0.248 e. The third-order valence-corrected chi connectivity index (χ3v) is 4.13. The van der Waals surface area contributed by atoms with E-state index in [1.165, 1.54) is 6.07 Å². The standard InChI is InChI=1S/C13H13NO3S.C6H5Br/c15-13-6-3-10-9-11(4-5-12(10)14-13)17-7-1-2-8-18-16;7-6-4-2-1-3-5-6/h3-6,8-9H,1-2,7H2,(H,14,15);1-5H. The highest BCUT2D eigenvalue weighted by Crippen LogP contribution is 2.18. The molecule has 0 fully saturated rings. The van der Waals surface area contributed by atoms with Crippen LogP contribution in [0.15, 0.2) is 69.9 Å². The third-order valence-electron chi connectivity index (χ3n) is 3.23. The van der Waals surface area contributed by atoms with Crippen molar-refractivity contribution in [2.75, 3.05) is 6.61 Å². The maximum atomic E-state index is 11.1. The Balaban J connectivity index is 0.000000269. The normalized spacial score (nSPS) is 9.80. The van der Waals surface area contributed by atoms with Gasteiger partial charge in [0, 0.05) is 26.8 Å². The summed E-state index contributed by atoms with van der Waals surface area (Å²) in [5, 5.41) is 2.56. The summed E-state index contributed by atoms with van der Waals surface area (Å²) in [6.07, 6.45) is 1.56. The first-order chi connectivity index (χ1) is 12.2. The molecule has 0 saturated carbocycles. The monoisotopic (exact) mass is 419 g/mol. The van der Waals surface area contributed by atoms with Crippen molar-refractivity contribution in [2.24, 2.45) is 0 Å². The van der Waals surface area contributed by atoms with Gasteiger partial charge in [0.1, 0.15) is 5.75 Å². The molecule has 0 aliphatic carbocycles. The molecule has 0 atom stereocenters. The van der Waals surface area contributed by atoms with Crippen molar-refractivity contribution < 1.29 is 8.95 Å². The molecule has 6 heteroatoms. The number of pyridine rings is 1. The minimum Gasteiger partial charge on any atom is -0.494 e. The molecule has 1 N–H and O–H groups in total. The Kier molecular flexibility index (Phi) is 8.15. The summed E-state index contributed by atoms with van der Waals surface area (Å²) in [5.41, 5.74) is 0.688. The van der Waals surface area contributed by atoms with E-state index < -0.39 is 0 Å². The number of rotatable bonds is 5. The van der Waals surface area contributed by atoms with Crippen LogP contribution in [0, 0.1) is 0 Å². The number of unbranched alkanes of at least 4 members (excludes halogenated alkanes) is 1.